The van der Waals surface area contributed by atoms with Gasteiger partial charge in [0.2, 0.25) is 0 Å². The fourth-order valence-corrected chi connectivity index (χ4v) is 18.6. The molecule has 123 heavy (non-hydrogen) atoms. The molecule has 624 valence electrons. The Morgan fingerprint density at radius 3 is 0.886 bits per heavy atom. The number of thioether (sulfide) groups is 1. The number of ketones is 3. The van der Waals surface area contributed by atoms with Crippen LogP contribution >= 0.6 is 11.8 Å². The van der Waals surface area contributed by atoms with Crippen molar-refractivity contribution in [1.29, 1.82) is 0 Å². The normalized spacial score (nSPS) is 11.7. The zero-order valence-electron chi connectivity index (χ0n) is 74.5. The zero-order valence-corrected chi connectivity index (χ0v) is 75.3. The maximum absolute atomic E-state index is 11.7. The van der Waals surface area contributed by atoms with Gasteiger partial charge in [0, 0.05) is 120 Å². The molecule has 0 saturated carbocycles. The van der Waals surface area contributed by atoms with Gasteiger partial charge < -0.3 is 39.9 Å². The summed E-state index contributed by atoms with van der Waals surface area (Å²) in [5, 5.41) is 0.828. The lowest BCUT2D eigenvalue weighted by Gasteiger charge is -2.21. The molecule has 0 saturated heterocycles. The molecular weight excluding hydrogens is 1540 g/mol. The first-order chi connectivity index (χ1) is 58.8. The van der Waals surface area contributed by atoms with Crippen molar-refractivity contribution in [2.75, 3.05) is 0 Å². The molecule has 1 atom stereocenters. The molecule has 15 aromatic rings. The minimum Gasteiger partial charge on any atom is -0.364 e. The van der Waals surface area contributed by atoms with Crippen molar-refractivity contribution in [3.8, 4) is 22.3 Å². The van der Waals surface area contributed by atoms with E-state index >= 15 is 0 Å². The lowest BCUT2D eigenvalue weighted by atomic mass is 9.85. The fourth-order valence-electron chi connectivity index (χ4n) is 18.0. The van der Waals surface area contributed by atoms with Gasteiger partial charge in [-0.05, 0) is 358 Å². The van der Waals surface area contributed by atoms with Gasteiger partial charge >= 0.3 is 0 Å². The number of benzene rings is 5. The predicted molar refractivity (Wildman–Crippen MR) is 508 cm³/mol. The molecule has 0 spiro atoms. The van der Waals surface area contributed by atoms with Gasteiger partial charge in [-0.1, -0.05) is 94.5 Å². The van der Waals surface area contributed by atoms with E-state index in [1.165, 1.54) is 135 Å². The third kappa shape index (κ3) is 19.6. The zero-order chi connectivity index (χ0) is 87.9. The van der Waals surface area contributed by atoms with Crippen molar-refractivity contribution in [3.05, 3.63) is 386 Å². The molecule has 8 bridgehead atoms. The molecular formula is C107H111N11O4S. The second kappa shape index (κ2) is 37.7. The summed E-state index contributed by atoms with van der Waals surface area (Å²) >= 11 is 1.15. The molecule has 2 aliphatic heterocycles. The van der Waals surface area contributed by atoms with Crippen molar-refractivity contribution in [2.24, 2.45) is 0 Å². The van der Waals surface area contributed by atoms with Crippen LogP contribution in [0.5, 0.6) is 0 Å². The Balaban J connectivity index is 0.000000142. The number of carbonyl (C=O) groups excluding carboxylic acids is 4. The monoisotopic (exact) mass is 1650 g/mol. The largest absolute Gasteiger partial charge is 0.364 e. The van der Waals surface area contributed by atoms with Crippen molar-refractivity contribution in [2.45, 2.75) is 168 Å². The Morgan fingerprint density at radius 1 is 0.293 bits per heavy atom. The minimum atomic E-state index is -0.100. The number of carbonyl (C=O) groups is 4. The lowest BCUT2D eigenvalue weighted by molar-refractivity contribution is -0.109. The smallest absolute Gasteiger partial charge is 0.192 e. The van der Waals surface area contributed by atoms with Crippen LogP contribution in [0.3, 0.4) is 0 Å². The van der Waals surface area contributed by atoms with E-state index in [9.17, 15) is 19.2 Å². The van der Waals surface area contributed by atoms with E-state index in [-0.39, 0.29) is 40.2 Å². The molecule has 12 heterocycles. The Bertz CT molecular complexity index is 6400. The van der Waals surface area contributed by atoms with Crippen LogP contribution in [0.15, 0.2) is 206 Å². The molecule has 8 N–H and O–H groups in total. The summed E-state index contributed by atoms with van der Waals surface area (Å²) in [5.41, 5.74) is 46.0. The number of aryl methyl sites for hydroxylation is 17. The van der Waals surface area contributed by atoms with Crippen molar-refractivity contribution in [1.82, 2.24) is 54.8 Å². The molecule has 0 aliphatic carbocycles. The number of nitrogens with one attached hydrogen (secondary N) is 8. The number of hydrogen-bond donors (Lipinski definition) is 8. The molecule has 1 unspecified atom stereocenters. The first kappa shape index (κ1) is 87.4. The van der Waals surface area contributed by atoms with E-state index in [1.807, 2.05) is 79.3 Å². The molecule has 5 aromatic carbocycles. The second-order valence-electron chi connectivity index (χ2n) is 33.1. The molecule has 17 rings (SSSR count). The van der Waals surface area contributed by atoms with Crippen LogP contribution in [-0.4, -0.2) is 77.3 Å². The van der Waals surface area contributed by atoms with Gasteiger partial charge in [0.1, 0.15) is 5.03 Å². The summed E-state index contributed by atoms with van der Waals surface area (Å²) in [7, 11) is 0. The number of pyridine rings is 1. The van der Waals surface area contributed by atoms with Crippen molar-refractivity contribution >= 4 is 80.6 Å². The Kier molecular flexibility index (Phi) is 26.8. The van der Waals surface area contributed by atoms with Gasteiger partial charge in [0.05, 0.1) is 57.6 Å². The van der Waals surface area contributed by atoms with Crippen LogP contribution in [0.2, 0.25) is 0 Å². The lowest BCUT2D eigenvalue weighted by Crippen LogP contribution is -2.10. The average Bonchev–Trinajstić information content (AvgIpc) is 1.67. The van der Waals surface area contributed by atoms with E-state index in [0.717, 1.165) is 101 Å². The highest BCUT2D eigenvalue weighted by atomic mass is 32.2. The molecule has 16 heteroatoms. The van der Waals surface area contributed by atoms with Gasteiger partial charge in [-0.25, -0.2) is 15.0 Å². The topological polar surface area (TPSA) is 233 Å². The average molecular weight is 1650 g/mol. The minimum absolute atomic E-state index is 0.00302. The molecule has 0 radical (unpaired) electrons. The number of Topliss-reactive ketones (excluding diaryl/α,β-unsaturated/α-hetero) is 3. The van der Waals surface area contributed by atoms with Crippen LogP contribution in [-0.2, 0) is 4.79 Å². The number of hydrogen-bond acceptors (Lipinski definition) is 8. The Labute approximate surface area is 726 Å². The number of nitrogens with zero attached hydrogens (tertiary/aromatic N) is 3. The van der Waals surface area contributed by atoms with E-state index < -0.39 is 0 Å². The first-order valence-corrected chi connectivity index (χ1v) is 42.7. The number of aromatic amines is 8. The third-order valence-electron chi connectivity index (χ3n) is 23.1. The first-order valence-electron chi connectivity index (χ1n) is 41.9. The molecule has 2 aliphatic rings. The molecule has 10 aromatic heterocycles. The van der Waals surface area contributed by atoms with Crippen LogP contribution in [0.1, 0.15) is 245 Å². The van der Waals surface area contributed by atoms with E-state index in [1.54, 1.807) is 27.0 Å². The number of H-pyrrole nitrogens is 8. The standard InChI is InChI=1S/C40H38N4.C22H24N2O2.C20H22N2O.C18H20N2.C7H7NOS/c1-21-17-23(3)37(24(4)18-21)39-33-13-9-29(41-33)27(7)31-11-15-35(43-31)40(38-25(5)19-22(2)20-26(38)6)36-16-12-32(44-36)28(8)30-10-14-34(39)42-30;1-12-10-13(2)21(14(3)11-12)22(19-8-6-17(23-19)15(4)25)20-9-7-18(24-20)16(5)26;1-12-10-13(2)19(14(3)11-12)20(17-6-5-9-21-17)18-8-7-16(22-18)15(4)23;1-12-10-13(2)17(14(3)11-12)18(15-6-4-8-19-15)16-7-5-9-20-16;1-6(9)10-7-4-2-3-5-8-7/h9-20,41-42H,1-8H3;6-11,22-24H,1-5H3;5-11,20-22H,1-4H3;4-11,18-20H,1-3H3;2-5H,1H3. The summed E-state index contributed by atoms with van der Waals surface area (Å²) in [6.07, 6.45) is 16.2. The second-order valence-corrected chi connectivity index (χ2v) is 34.3. The highest BCUT2D eigenvalue weighted by molar-refractivity contribution is 8.13. The number of fused-ring (bicyclic) bond motifs is 8. The Morgan fingerprint density at radius 2 is 0.593 bits per heavy atom. The maximum atomic E-state index is 11.7. The van der Waals surface area contributed by atoms with E-state index in [4.69, 9.17) is 9.97 Å². The van der Waals surface area contributed by atoms with Crippen LogP contribution in [0.25, 0.3) is 68.6 Å². The maximum Gasteiger partial charge on any atom is 0.192 e. The highest BCUT2D eigenvalue weighted by Crippen LogP contribution is 2.42. The Hall–Kier alpha value is -13.4. The number of aromatic nitrogens is 11. The van der Waals surface area contributed by atoms with Gasteiger partial charge in [0.25, 0.3) is 0 Å². The van der Waals surface area contributed by atoms with Crippen LogP contribution in [0, 0.1) is 118 Å². The van der Waals surface area contributed by atoms with Crippen LogP contribution < -0.4 is 0 Å². The van der Waals surface area contributed by atoms with Gasteiger partial charge in [0.15, 0.2) is 22.5 Å². The van der Waals surface area contributed by atoms with Gasteiger partial charge in [-0.2, -0.15) is 0 Å². The molecule has 0 amide bonds. The van der Waals surface area contributed by atoms with Crippen molar-refractivity contribution < 1.29 is 19.2 Å². The fraction of sp³-hybridized carbons (Fsp3) is 0.224. The van der Waals surface area contributed by atoms with Crippen molar-refractivity contribution in [3.63, 3.8) is 0 Å². The quantitative estimate of drug-likeness (QED) is 0.0362. The summed E-state index contributed by atoms with van der Waals surface area (Å²) < 4.78 is 0. The summed E-state index contributed by atoms with van der Waals surface area (Å²) in [6.45, 7) is 42.9. The highest BCUT2D eigenvalue weighted by Gasteiger charge is 2.29. The van der Waals surface area contributed by atoms with Gasteiger partial charge in [-0.15, -0.1) is 0 Å². The van der Waals surface area contributed by atoms with Crippen LogP contribution in [0.4, 0.5) is 0 Å². The molecule has 0 fully saturated rings. The SMILES string of the molecule is CC(=O)Sc1ccccn1.CC(=O)c1ccc(C(c2ccc(C(C)=O)[nH]2)c2c(C)cc(C)cc2C)[nH]1.CC(=O)c1ccc(C(c2ccc[nH]2)c2c(C)cc(C)cc2C)[nH]1.Cc1cc(C)c(-c2c3nc(c(C)c4ccc([nH]4)c(-c4c(C)cc(C)cc4C)c4ccc([nH]4)c(C)c4nc2C=C4)C=C3)c(C)c1.Cc1cc(C)c(C(c2ccc[nH]2)c2ccc[nH]2)c(C)c1. The molecule has 15 nitrogen and oxygen atoms in total. The number of rotatable bonds is 15. The predicted octanol–water partition coefficient (Wildman–Crippen LogP) is 26.1. The van der Waals surface area contributed by atoms with E-state index in [0.29, 0.717) is 17.1 Å². The summed E-state index contributed by atoms with van der Waals surface area (Å²) in [4.78, 5) is 87.6. The summed E-state index contributed by atoms with van der Waals surface area (Å²) in [6, 6.07) is 60.6. The third-order valence-corrected chi connectivity index (χ3v) is 23.8. The summed E-state index contributed by atoms with van der Waals surface area (Å²) in [5.74, 6) is 0.265. The van der Waals surface area contributed by atoms with Gasteiger partial charge in [-0.3, -0.25) is 19.2 Å². The van der Waals surface area contributed by atoms with E-state index in [2.05, 4.69) is 302 Å².